The molecule has 14 aromatic carbocycles. The van der Waals surface area contributed by atoms with Crippen molar-refractivity contribution in [2.24, 2.45) is 0 Å². The highest BCUT2D eigenvalue weighted by atomic mass is 32.2. The molecule has 0 spiro atoms. The summed E-state index contributed by atoms with van der Waals surface area (Å²) in [4.78, 5) is 47.7. The zero-order valence-electron chi connectivity index (χ0n) is 57.8. The Morgan fingerprint density at radius 1 is 0.321 bits per heavy atom. The summed E-state index contributed by atoms with van der Waals surface area (Å²) in [5.41, 5.74) is 5.06. The Morgan fingerprint density at radius 2 is 0.670 bits per heavy atom. The summed E-state index contributed by atoms with van der Waals surface area (Å²) < 4.78 is 158. The summed E-state index contributed by atoms with van der Waals surface area (Å²) in [6.07, 6.45) is -1.79. The van der Waals surface area contributed by atoms with Crippen LogP contribution in [0.5, 0.6) is 23.0 Å². The van der Waals surface area contributed by atoms with Gasteiger partial charge >= 0.3 is 0 Å². The van der Waals surface area contributed by atoms with Gasteiger partial charge in [-0.2, -0.15) is 33.7 Å². The molecule has 2 heterocycles. The number of fused-ring (bicyclic) bond motifs is 4. The largest absolute Gasteiger partial charge is 0.456 e. The van der Waals surface area contributed by atoms with E-state index in [2.05, 4.69) is 0 Å². The lowest BCUT2D eigenvalue weighted by Crippen LogP contribution is -2.41. The van der Waals surface area contributed by atoms with Crippen LogP contribution in [0.1, 0.15) is 144 Å². The standard InChI is InChI=1S/C82H64N2O18S4/c1-39(2)49-11-9-12-50(40(3)4)77(49)83-79(85)59-31-27-55-53-25-29-57-71-58(30-26-54(69(53)71)56-28-32-60(80(83)86)72(59)70(55)56)75-68(102-66-34-24-48(106(98,99)100)36-62(66)44-17-21-46(22-18-44)104(92,93)94)38-64-73-63(81(87)84(82(64)88)78-51(41(5)6)13-10-14-52(78)42(7)8)37-67(74(57)76(73)75)101-65-33-23-47(105(95,96)97)35-61(65)43-15-19-45(20-16-43)103(89,90)91/h9-42,81,87H,1-8H3,(H,89,90,91)(H,92,93,94)(H,95,96,97)(H,98,99,100). The highest BCUT2D eigenvalue weighted by molar-refractivity contribution is 7.86. The van der Waals surface area contributed by atoms with Crippen molar-refractivity contribution in [2.75, 3.05) is 9.80 Å². The van der Waals surface area contributed by atoms with E-state index >= 15 is 14.4 Å². The van der Waals surface area contributed by atoms with Crippen LogP contribution in [-0.4, -0.2) is 74.7 Å². The SMILES string of the molecule is CC(C)c1cccc(C(C)C)c1N1C(=O)c2ccc3c4ccc5c6c(Oc7ccc(S(=O)(=O)O)cc7-c7ccc(S(=O)(=O)O)cc7)cc7c8c(cc(Oc9ccc(S(=O)(=O)O)cc9-c9ccc(S(=O)(=O)O)cc9)c(c9ccc(c%10ccc(c2c3%10)C1=O)c4c59)c86)C(O)N(c1c(C(C)C)cccc1C(C)C)C7=O. The maximum absolute atomic E-state index is 16.4. The average Bonchev–Trinajstić information content (AvgIpc) is 0.674. The van der Waals surface area contributed by atoms with E-state index in [9.17, 15) is 57.0 Å². The molecule has 3 amide bonds. The van der Waals surface area contributed by atoms with Gasteiger partial charge in [0.2, 0.25) is 0 Å². The molecule has 0 aliphatic carbocycles. The second-order valence-corrected chi connectivity index (χ2v) is 33.9. The molecule has 2 aliphatic rings. The minimum atomic E-state index is -4.96. The lowest BCUT2D eigenvalue weighted by atomic mass is 9.80. The molecule has 1 unspecified atom stereocenters. The van der Waals surface area contributed by atoms with Gasteiger partial charge in [0.05, 0.1) is 36.5 Å². The maximum Gasteiger partial charge on any atom is 0.294 e. The number of carbonyl (C=O) groups excluding carboxylic acids is 3. The molecular formula is C82H64N2O18S4. The number of rotatable bonds is 16. The first kappa shape index (κ1) is 69.6. The van der Waals surface area contributed by atoms with E-state index in [-0.39, 0.29) is 102 Å². The first-order valence-electron chi connectivity index (χ1n) is 33.9. The van der Waals surface area contributed by atoms with Crippen LogP contribution < -0.4 is 19.3 Å². The van der Waals surface area contributed by atoms with Gasteiger partial charge in [-0.05, 0) is 190 Å². The highest BCUT2D eigenvalue weighted by Crippen LogP contribution is 2.58. The minimum Gasteiger partial charge on any atom is -0.456 e. The Morgan fingerprint density at radius 3 is 1.07 bits per heavy atom. The summed E-state index contributed by atoms with van der Waals surface area (Å²) in [6, 6.07) is 45.8. The molecule has 5 N–H and O–H groups in total. The Balaban J connectivity index is 1.04. The van der Waals surface area contributed by atoms with Gasteiger partial charge in [-0.15, -0.1) is 0 Å². The predicted molar refractivity (Wildman–Crippen MR) is 407 cm³/mol. The first-order valence-corrected chi connectivity index (χ1v) is 39.7. The molecule has 0 saturated heterocycles. The molecule has 1 atom stereocenters. The maximum atomic E-state index is 16.4. The van der Waals surface area contributed by atoms with Crippen LogP contribution in [0.4, 0.5) is 11.4 Å². The van der Waals surface area contributed by atoms with Crippen LogP contribution in [0.2, 0.25) is 0 Å². The predicted octanol–water partition coefficient (Wildman–Crippen LogP) is 18.5. The number of aliphatic hydroxyl groups excluding tert-OH is 1. The van der Waals surface area contributed by atoms with Crippen molar-refractivity contribution in [1.29, 1.82) is 0 Å². The number of imide groups is 1. The lowest BCUT2D eigenvalue weighted by molar-refractivity contribution is 0.0870. The van der Waals surface area contributed by atoms with E-state index in [1.54, 1.807) is 18.2 Å². The zero-order valence-corrected chi connectivity index (χ0v) is 61.0. The fraction of sp³-hybridized carbons (Fsp3) is 0.159. The third-order valence-corrected chi connectivity index (χ3v) is 24.1. The summed E-state index contributed by atoms with van der Waals surface area (Å²) in [5, 5.41) is 20.6. The van der Waals surface area contributed by atoms with Crippen molar-refractivity contribution in [3.05, 3.63) is 226 Å². The molecule has 0 aromatic heterocycles. The number of benzene rings is 14. The fourth-order valence-electron chi connectivity index (χ4n) is 15.9. The van der Waals surface area contributed by atoms with Crippen LogP contribution in [0, 0.1) is 0 Å². The molecule has 0 saturated carbocycles. The van der Waals surface area contributed by atoms with E-state index < -0.39 is 84.0 Å². The molecule has 24 heteroatoms. The molecule has 20 nitrogen and oxygen atoms in total. The van der Waals surface area contributed by atoms with Crippen molar-refractivity contribution >= 4 is 145 Å². The van der Waals surface area contributed by atoms with Crippen molar-refractivity contribution < 1.29 is 80.8 Å². The molecule has 0 radical (unpaired) electrons. The van der Waals surface area contributed by atoms with E-state index in [0.717, 1.165) is 59.7 Å². The first-order chi connectivity index (χ1) is 50.1. The van der Waals surface area contributed by atoms with E-state index in [0.29, 0.717) is 87.5 Å². The van der Waals surface area contributed by atoms with Crippen LogP contribution in [-0.2, 0) is 40.5 Å². The lowest BCUT2D eigenvalue weighted by Gasteiger charge is -2.38. The van der Waals surface area contributed by atoms with Crippen LogP contribution in [0.3, 0.4) is 0 Å². The number of carbonyl (C=O) groups is 3. The van der Waals surface area contributed by atoms with Gasteiger partial charge in [0.15, 0.2) is 6.23 Å². The van der Waals surface area contributed by atoms with Crippen LogP contribution in [0.25, 0.3) is 97.7 Å². The molecule has 0 fully saturated rings. The second-order valence-electron chi connectivity index (χ2n) is 28.2. The van der Waals surface area contributed by atoms with Gasteiger partial charge < -0.3 is 14.6 Å². The minimum absolute atomic E-state index is 0.000616. The highest BCUT2D eigenvalue weighted by Gasteiger charge is 2.42. The van der Waals surface area contributed by atoms with Crippen molar-refractivity contribution in [3.63, 3.8) is 0 Å². The normalized spacial score (nSPS) is 14.7. The van der Waals surface area contributed by atoms with Crippen LogP contribution >= 0.6 is 0 Å². The Kier molecular flexibility index (Phi) is 16.0. The van der Waals surface area contributed by atoms with Gasteiger partial charge in [-0.1, -0.05) is 152 Å². The summed E-state index contributed by atoms with van der Waals surface area (Å²) in [5.74, 6) is -2.46. The Bertz CT molecular complexity index is 6560. The van der Waals surface area contributed by atoms with Crippen LogP contribution in [0.15, 0.2) is 202 Å². The number of aliphatic hydroxyl groups is 1. The monoisotopic (exact) mass is 1490 g/mol. The van der Waals surface area contributed by atoms with Gasteiger partial charge in [0.1, 0.15) is 23.0 Å². The quantitative estimate of drug-likeness (QED) is 0.0260. The Labute approximate surface area is 608 Å². The second kappa shape index (κ2) is 24.4. The van der Waals surface area contributed by atoms with E-state index in [1.165, 1.54) is 52.3 Å². The molecule has 2 aliphatic heterocycles. The van der Waals surface area contributed by atoms with Crippen molar-refractivity contribution in [1.82, 2.24) is 0 Å². The van der Waals surface area contributed by atoms with Gasteiger partial charge in [0, 0.05) is 54.7 Å². The van der Waals surface area contributed by atoms with Crippen molar-refractivity contribution in [3.8, 4) is 45.3 Å². The van der Waals surface area contributed by atoms with Gasteiger partial charge in [0.25, 0.3) is 58.2 Å². The van der Waals surface area contributed by atoms with Gasteiger partial charge in [-0.3, -0.25) is 37.5 Å². The number of nitrogens with zero attached hydrogens (tertiary/aromatic N) is 2. The third-order valence-electron chi connectivity index (χ3n) is 20.7. The molecule has 106 heavy (non-hydrogen) atoms. The number of para-hydroxylation sites is 2. The Hall–Kier alpha value is -10.8. The van der Waals surface area contributed by atoms with Crippen molar-refractivity contribution in [2.45, 2.75) is 105 Å². The molecule has 0 bridgehead atoms. The number of ether oxygens (including phenoxy) is 2. The van der Waals surface area contributed by atoms with E-state index in [1.807, 2.05) is 128 Å². The molecular weight excluding hydrogens is 1430 g/mol. The number of hydrogen-bond donors (Lipinski definition) is 5. The van der Waals surface area contributed by atoms with Gasteiger partial charge in [-0.25, -0.2) is 4.90 Å². The molecule has 14 aromatic rings. The number of hydrogen-bond acceptors (Lipinski definition) is 14. The fourth-order valence-corrected chi connectivity index (χ4v) is 17.8. The summed E-state index contributed by atoms with van der Waals surface area (Å²) in [7, 11) is -19.4. The zero-order chi connectivity index (χ0) is 75.2. The number of anilines is 2. The third kappa shape index (κ3) is 10.8. The van der Waals surface area contributed by atoms with E-state index in [4.69, 9.17) is 9.47 Å². The smallest absolute Gasteiger partial charge is 0.294 e. The summed E-state index contributed by atoms with van der Waals surface area (Å²) in [6.45, 7) is 15.9. The average molecular weight is 1490 g/mol. The topological polar surface area (TPSA) is 314 Å². The molecule has 16 rings (SSSR count). The molecule has 534 valence electrons. The number of amides is 3. The summed E-state index contributed by atoms with van der Waals surface area (Å²) >= 11 is 0.